The van der Waals surface area contributed by atoms with Gasteiger partial charge in [0.05, 0.1) is 17.9 Å². The highest BCUT2D eigenvalue weighted by molar-refractivity contribution is 7.99. The predicted octanol–water partition coefficient (Wildman–Crippen LogP) is 5.03. The first-order valence-electron chi connectivity index (χ1n) is 11.2. The normalized spacial score (nSPS) is 13.3. The number of fused-ring (bicyclic) bond motifs is 1. The number of ether oxygens (including phenoxy) is 1. The number of aromatic nitrogens is 3. The number of hydrogen-bond acceptors (Lipinski definition) is 7. The number of anilines is 1. The first-order valence-corrected chi connectivity index (χ1v) is 13.0. The Bertz CT molecular complexity index is 1170. The van der Waals surface area contributed by atoms with E-state index in [1.54, 1.807) is 6.92 Å². The molecule has 7 nitrogen and oxygen atoms in total. The van der Waals surface area contributed by atoms with Crippen LogP contribution in [0.5, 0.6) is 0 Å². The molecule has 2 heterocycles. The first kappa shape index (κ1) is 23.5. The Kier molecular flexibility index (Phi) is 7.49. The van der Waals surface area contributed by atoms with Gasteiger partial charge in [0.1, 0.15) is 5.00 Å². The van der Waals surface area contributed by atoms with Gasteiger partial charge in [0.25, 0.3) is 0 Å². The minimum Gasteiger partial charge on any atom is -0.462 e. The molecule has 174 valence electrons. The molecule has 0 spiro atoms. The molecule has 4 rings (SSSR count). The molecule has 33 heavy (non-hydrogen) atoms. The third-order valence-electron chi connectivity index (χ3n) is 5.60. The second-order valence-corrected chi connectivity index (χ2v) is 10.1. The standard InChI is InChI=1S/C24H28N4O3S2/c1-4-31-23(30)20-17-11-6-5-7-12-18(17)33-22(20)25-19(29)14-32-24-27-26-21(28(24)3)16-10-8-9-15(2)13-16/h8-10,13H,4-7,11-12,14H2,1-3H3,(H,25,29). The fraction of sp³-hybridized carbons (Fsp3) is 0.417. The minimum absolute atomic E-state index is 0.171. The molecule has 0 bridgehead atoms. The highest BCUT2D eigenvalue weighted by Crippen LogP contribution is 2.38. The van der Waals surface area contributed by atoms with Crippen LogP contribution in [0.2, 0.25) is 0 Å². The van der Waals surface area contributed by atoms with Crippen molar-refractivity contribution in [3.8, 4) is 11.4 Å². The molecular formula is C24H28N4O3S2. The molecule has 1 amide bonds. The molecule has 0 aliphatic heterocycles. The van der Waals surface area contributed by atoms with Crippen molar-refractivity contribution in [3.05, 3.63) is 45.8 Å². The Labute approximate surface area is 201 Å². The lowest BCUT2D eigenvalue weighted by Gasteiger charge is -2.08. The number of rotatable bonds is 7. The van der Waals surface area contributed by atoms with E-state index in [1.165, 1.54) is 28.0 Å². The average Bonchev–Trinajstić information content (AvgIpc) is 3.23. The molecule has 0 fully saturated rings. The average molecular weight is 485 g/mol. The molecule has 0 radical (unpaired) electrons. The highest BCUT2D eigenvalue weighted by Gasteiger charge is 2.26. The SMILES string of the molecule is CCOC(=O)c1c(NC(=O)CSc2nnc(-c3cccc(C)c3)n2C)sc2c1CCCCC2. The number of hydrogen-bond donors (Lipinski definition) is 1. The van der Waals surface area contributed by atoms with Crippen LogP contribution in [0.25, 0.3) is 11.4 Å². The Hall–Kier alpha value is -2.65. The Morgan fingerprint density at radius 1 is 1.21 bits per heavy atom. The van der Waals surface area contributed by atoms with Crippen LogP contribution in [0.3, 0.4) is 0 Å². The number of thiophene rings is 1. The minimum atomic E-state index is -0.351. The van der Waals surface area contributed by atoms with Crippen LogP contribution >= 0.6 is 23.1 Å². The van der Waals surface area contributed by atoms with E-state index < -0.39 is 0 Å². The van der Waals surface area contributed by atoms with Crippen LogP contribution in [0.4, 0.5) is 5.00 Å². The second-order valence-electron chi connectivity index (χ2n) is 8.06. The van der Waals surface area contributed by atoms with E-state index in [9.17, 15) is 9.59 Å². The summed E-state index contributed by atoms with van der Waals surface area (Å²) < 4.78 is 7.20. The van der Waals surface area contributed by atoms with Gasteiger partial charge < -0.3 is 14.6 Å². The van der Waals surface area contributed by atoms with Crippen LogP contribution in [0.15, 0.2) is 29.4 Å². The summed E-state index contributed by atoms with van der Waals surface area (Å²) in [5.41, 5.74) is 3.73. The molecule has 0 saturated heterocycles. The monoisotopic (exact) mass is 484 g/mol. The largest absolute Gasteiger partial charge is 0.462 e. The fourth-order valence-corrected chi connectivity index (χ4v) is 6.02. The third kappa shape index (κ3) is 5.30. The summed E-state index contributed by atoms with van der Waals surface area (Å²) in [6.45, 7) is 4.14. The van der Waals surface area contributed by atoms with E-state index >= 15 is 0 Å². The molecular weight excluding hydrogens is 456 g/mol. The fourth-order valence-electron chi connectivity index (χ4n) is 4.02. The number of amides is 1. The second kappa shape index (κ2) is 10.5. The smallest absolute Gasteiger partial charge is 0.341 e. The number of benzene rings is 1. The highest BCUT2D eigenvalue weighted by atomic mass is 32.2. The molecule has 3 aromatic rings. The lowest BCUT2D eigenvalue weighted by molar-refractivity contribution is -0.113. The van der Waals surface area contributed by atoms with E-state index in [2.05, 4.69) is 21.6 Å². The molecule has 1 aromatic carbocycles. The number of carbonyl (C=O) groups is 2. The number of thioether (sulfide) groups is 1. The molecule has 0 atom stereocenters. The third-order valence-corrected chi connectivity index (χ3v) is 7.82. The topological polar surface area (TPSA) is 86.1 Å². The van der Waals surface area contributed by atoms with Gasteiger partial charge in [0, 0.05) is 17.5 Å². The number of nitrogens with one attached hydrogen (secondary N) is 1. The summed E-state index contributed by atoms with van der Waals surface area (Å²) >= 11 is 2.83. The maximum absolute atomic E-state index is 12.8. The van der Waals surface area contributed by atoms with Crippen LogP contribution in [0.1, 0.15) is 52.5 Å². The van der Waals surface area contributed by atoms with E-state index in [0.717, 1.165) is 54.6 Å². The molecule has 0 saturated carbocycles. The predicted molar refractivity (Wildman–Crippen MR) is 132 cm³/mol. The number of aryl methyl sites for hydroxylation is 2. The molecule has 9 heteroatoms. The van der Waals surface area contributed by atoms with Gasteiger partial charge in [0.15, 0.2) is 11.0 Å². The lowest BCUT2D eigenvalue weighted by Crippen LogP contribution is -2.17. The van der Waals surface area contributed by atoms with Crippen molar-refractivity contribution in [2.75, 3.05) is 17.7 Å². The van der Waals surface area contributed by atoms with Gasteiger partial charge >= 0.3 is 5.97 Å². The molecule has 1 aliphatic rings. The van der Waals surface area contributed by atoms with Crippen molar-refractivity contribution in [1.29, 1.82) is 0 Å². The van der Waals surface area contributed by atoms with Crippen LogP contribution < -0.4 is 5.32 Å². The number of esters is 1. The van der Waals surface area contributed by atoms with Gasteiger partial charge in [0.2, 0.25) is 5.91 Å². The Morgan fingerprint density at radius 2 is 2.03 bits per heavy atom. The van der Waals surface area contributed by atoms with Crippen molar-refractivity contribution in [2.45, 2.75) is 51.1 Å². The summed E-state index contributed by atoms with van der Waals surface area (Å²) in [6.07, 6.45) is 5.11. The van der Waals surface area contributed by atoms with Crippen molar-refractivity contribution in [1.82, 2.24) is 14.8 Å². The van der Waals surface area contributed by atoms with Gasteiger partial charge in [-0.2, -0.15) is 0 Å². The van der Waals surface area contributed by atoms with Gasteiger partial charge in [-0.25, -0.2) is 4.79 Å². The van der Waals surface area contributed by atoms with Crippen molar-refractivity contribution in [3.63, 3.8) is 0 Å². The zero-order chi connectivity index (χ0) is 23.4. The van der Waals surface area contributed by atoms with Gasteiger partial charge in [-0.05, 0) is 51.2 Å². The maximum Gasteiger partial charge on any atom is 0.341 e. The summed E-state index contributed by atoms with van der Waals surface area (Å²) in [4.78, 5) is 26.7. The van der Waals surface area contributed by atoms with E-state index in [4.69, 9.17) is 4.74 Å². The van der Waals surface area contributed by atoms with Crippen LogP contribution in [0, 0.1) is 6.92 Å². The number of nitrogens with zero attached hydrogens (tertiary/aromatic N) is 3. The summed E-state index contributed by atoms with van der Waals surface area (Å²) in [5, 5.41) is 12.8. The van der Waals surface area contributed by atoms with Gasteiger partial charge in [-0.3, -0.25) is 4.79 Å². The Morgan fingerprint density at radius 3 is 2.82 bits per heavy atom. The first-order chi connectivity index (χ1) is 16.0. The van der Waals surface area contributed by atoms with Gasteiger partial charge in [-0.1, -0.05) is 41.9 Å². The van der Waals surface area contributed by atoms with Gasteiger partial charge in [-0.15, -0.1) is 21.5 Å². The molecule has 0 unspecified atom stereocenters. The molecule has 1 N–H and O–H groups in total. The number of carbonyl (C=O) groups excluding carboxylic acids is 2. The Balaban J connectivity index is 1.47. The zero-order valence-corrected chi connectivity index (χ0v) is 20.8. The molecule has 1 aliphatic carbocycles. The van der Waals surface area contributed by atoms with Crippen LogP contribution in [-0.2, 0) is 29.4 Å². The summed E-state index contributed by atoms with van der Waals surface area (Å²) in [6, 6.07) is 8.08. The quantitative estimate of drug-likeness (QED) is 0.288. The maximum atomic E-state index is 12.8. The molecule has 2 aromatic heterocycles. The van der Waals surface area contributed by atoms with Crippen molar-refractivity contribution in [2.24, 2.45) is 7.05 Å². The lowest BCUT2D eigenvalue weighted by atomic mass is 10.1. The van der Waals surface area contributed by atoms with E-state index in [0.29, 0.717) is 22.3 Å². The summed E-state index contributed by atoms with van der Waals surface area (Å²) in [7, 11) is 1.90. The van der Waals surface area contributed by atoms with Crippen molar-refractivity contribution < 1.29 is 14.3 Å². The zero-order valence-electron chi connectivity index (χ0n) is 19.1. The van der Waals surface area contributed by atoms with E-state index in [1.807, 2.05) is 36.7 Å². The summed E-state index contributed by atoms with van der Waals surface area (Å²) in [5.74, 6) is 0.399. The van der Waals surface area contributed by atoms with Crippen molar-refractivity contribution >= 4 is 40.0 Å². The van der Waals surface area contributed by atoms with Crippen LogP contribution in [-0.4, -0.2) is 39.0 Å². The van der Waals surface area contributed by atoms with E-state index in [-0.39, 0.29) is 17.6 Å².